The highest BCUT2D eigenvalue weighted by Gasteiger charge is 2.16. The molecule has 0 radical (unpaired) electrons. The maximum Gasteiger partial charge on any atom is 0.273 e. The predicted octanol–water partition coefficient (Wildman–Crippen LogP) is 5.95. The van der Waals surface area contributed by atoms with Crippen molar-refractivity contribution in [3.8, 4) is 22.4 Å². The summed E-state index contributed by atoms with van der Waals surface area (Å²) in [5.74, 6) is -0.432. The van der Waals surface area contributed by atoms with Crippen molar-refractivity contribution in [2.24, 2.45) is 0 Å². The van der Waals surface area contributed by atoms with Crippen LogP contribution in [0.25, 0.3) is 22.4 Å². The first-order chi connectivity index (χ1) is 14.5. The SMILES string of the molecule is Cc1ccc(C(=O)Nc2nc(-c3ccc(-c4ccccc4)cc3)cs2)cc1[N+](=O)[O-]. The molecule has 0 spiro atoms. The lowest BCUT2D eigenvalue weighted by Crippen LogP contribution is -2.12. The molecule has 0 atom stereocenters. The number of hydrogen-bond acceptors (Lipinski definition) is 5. The smallest absolute Gasteiger partial charge is 0.273 e. The zero-order valence-corrected chi connectivity index (χ0v) is 16.8. The number of nitro benzene ring substituents is 1. The van der Waals surface area contributed by atoms with Crippen molar-refractivity contribution in [2.75, 3.05) is 5.32 Å². The number of carbonyl (C=O) groups excluding carboxylic acids is 1. The molecule has 0 saturated heterocycles. The molecule has 0 aliphatic heterocycles. The Bertz CT molecular complexity index is 1220. The van der Waals surface area contributed by atoms with E-state index in [1.807, 2.05) is 47.8 Å². The summed E-state index contributed by atoms with van der Waals surface area (Å²) in [7, 11) is 0. The fourth-order valence-electron chi connectivity index (χ4n) is 3.04. The monoisotopic (exact) mass is 415 g/mol. The van der Waals surface area contributed by atoms with Gasteiger partial charge in [-0.2, -0.15) is 0 Å². The van der Waals surface area contributed by atoms with Gasteiger partial charge in [-0.1, -0.05) is 60.7 Å². The van der Waals surface area contributed by atoms with E-state index in [0.717, 1.165) is 22.4 Å². The van der Waals surface area contributed by atoms with Crippen LogP contribution in [0.3, 0.4) is 0 Å². The Morgan fingerprint density at radius 2 is 1.63 bits per heavy atom. The second-order valence-corrected chi connectivity index (χ2v) is 7.55. The van der Waals surface area contributed by atoms with Crippen molar-refractivity contribution >= 4 is 28.1 Å². The van der Waals surface area contributed by atoms with Crippen molar-refractivity contribution < 1.29 is 9.72 Å². The Balaban J connectivity index is 1.50. The third kappa shape index (κ3) is 4.11. The van der Waals surface area contributed by atoms with Gasteiger partial charge in [0.1, 0.15) is 0 Å². The molecule has 1 N–H and O–H groups in total. The average Bonchev–Trinajstić information content (AvgIpc) is 3.23. The zero-order valence-electron chi connectivity index (χ0n) is 16.0. The van der Waals surface area contributed by atoms with Crippen LogP contribution in [0, 0.1) is 17.0 Å². The van der Waals surface area contributed by atoms with Crippen LogP contribution < -0.4 is 5.32 Å². The standard InChI is InChI=1S/C23H17N3O3S/c1-15-7-8-19(13-21(15)26(28)29)22(27)25-23-24-20(14-30-23)18-11-9-17(10-12-18)16-5-3-2-4-6-16/h2-14H,1H3,(H,24,25,27). The van der Waals surface area contributed by atoms with Gasteiger partial charge in [-0.3, -0.25) is 20.2 Å². The molecule has 0 aliphatic carbocycles. The molecule has 0 aliphatic rings. The van der Waals surface area contributed by atoms with Gasteiger partial charge >= 0.3 is 0 Å². The Kier molecular flexibility index (Phi) is 5.36. The summed E-state index contributed by atoms with van der Waals surface area (Å²) in [6, 6.07) is 22.6. The minimum atomic E-state index is -0.493. The van der Waals surface area contributed by atoms with Gasteiger partial charge in [-0.05, 0) is 24.1 Å². The maximum atomic E-state index is 12.5. The molecule has 1 amide bonds. The number of aromatic nitrogens is 1. The summed E-state index contributed by atoms with van der Waals surface area (Å²) in [5.41, 5.74) is 4.60. The fourth-order valence-corrected chi connectivity index (χ4v) is 3.76. The highest BCUT2D eigenvalue weighted by Crippen LogP contribution is 2.28. The quantitative estimate of drug-likeness (QED) is 0.323. The van der Waals surface area contributed by atoms with Crippen LogP contribution in [0.2, 0.25) is 0 Å². The highest BCUT2D eigenvalue weighted by atomic mass is 32.1. The Labute approximate surface area is 177 Å². The van der Waals surface area contributed by atoms with E-state index in [-0.39, 0.29) is 11.3 Å². The molecule has 4 aromatic rings. The minimum Gasteiger partial charge on any atom is -0.298 e. The fraction of sp³-hybridized carbons (Fsp3) is 0.0435. The van der Waals surface area contributed by atoms with Crippen molar-refractivity contribution in [3.63, 3.8) is 0 Å². The van der Waals surface area contributed by atoms with Gasteiger partial charge in [0.2, 0.25) is 0 Å². The number of nitrogens with one attached hydrogen (secondary N) is 1. The number of benzene rings is 3. The minimum absolute atomic E-state index is 0.0824. The number of anilines is 1. The van der Waals surface area contributed by atoms with Crippen LogP contribution in [-0.2, 0) is 0 Å². The van der Waals surface area contributed by atoms with E-state index in [4.69, 9.17) is 0 Å². The van der Waals surface area contributed by atoms with Gasteiger partial charge in [-0.25, -0.2) is 4.98 Å². The summed E-state index contributed by atoms with van der Waals surface area (Å²) in [4.78, 5) is 27.6. The lowest BCUT2D eigenvalue weighted by molar-refractivity contribution is -0.385. The molecule has 0 fully saturated rings. The van der Waals surface area contributed by atoms with Gasteiger partial charge in [0, 0.05) is 28.1 Å². The number of amides is 1. The molecular weight excluding hydrogens is 398 g/mol. The van der Waals surface area contributed by atoms with Crippen molar-refractivity contribution in [1.82, 2.24) is 4.98 Å². The lowest BCUT2D eigenvalue weighted by Gasteiger charge is -2.04. The number of aryl methyl sites for hydroxylation is 1. The predicted molar refractivity (Wildman–Crippen MR) is 119 cm³/mol. The number of nitrogens with zero attached hydrogens (tertiary/aromatic N) is 2. The van der Waals surface area contributed by atoms with Crippen LogP contribution in [-0.4, -0.2) is 15.8 Å². The molecular formula is C23H17N3O3S. The van der Waals surface area contributed by atoms with Crippen molar-refractivity contribution in [1.29, 1.82) is 0 Å². The molecule has 7 heteroatoms. The Morgan fingerprint density at radius 3 is 2.33 bits per heavy atom. The highest BCUT2D eigenvalue weighted by molar-refractivity contribution is 7.14. The molecule has 4 rings (SSSR count). The van der Waals surface area contributed by atoms with E-state index in [1.165, 1.54) is 17.4 Å². The Hall–Kier alpha value is -3.84. The third-order valence-corrected chi connectivity index (χ3v) is 5.44. The van der Waals surface area contributed by atoms with Gasteiger partial charge in [0.05, 0.1) is 10.6 Å². The summed E-state index contributed by atoms with van der Waals surface area (Å²) >= 11 is 1.30. The zero-order chi connectivity index (χ0) is 21.1. The molecule has 1 aromatic heterocycles. The van der Waals surface area contributed by atoms with Gasteiger partial charge in [0.25, 0.3) is 11.6 Å². The Morgan fingerprint density at radius 1 is 0.967 bits per heavy atom. The molecule has 0 unspecified atom stereocenters. The van der Waals surface area contributed by atoms with Crippen LogP contribution in [0.15, 0.2) is 78.2 Å². The first-order valence-corrected chi connectivity index (χ1v) is 10.1. The summed E-state index contributed by atoms with van der Waals surface area (Å²) < 4.78 is 0. The van der Waals surface area contributed by atoms with E-state index >= 15 is 0 Å². The van der Waals surface area contributed by atoms with Crippen molar-refractivity contribution in [3.05, 3.63) is 99.4 Å². The molecule has 3 aromatic carbocycles. The summed E-state index contributed by atoms with van der Waals surface area (Å²) in [5, 5.41) is 16.1. The summed E-state index contributed by atoms with van der Waals surface area (Å²) in [6.45, 7) is 1.63. The number of carbonyl (C=O) groups is 1. The largest absolute Gasteiger partial charge is 0.298 e. The van der Waals surface area contributed by atoms with Gasteiger partial charge < -0.3 is 0 Å². The maximum absolute atomic E-state index is 12.5. The topological polar surface area (TPSA) is 85.1 Å². The second-order valence-electron chi connectivity index (χ2n) is 6.69. The van der Waals surface area contributed by atoms with E-state index < -0.39 is 10.8 Å². The molecule has 1 heterocycles. The second kappa shape index (κ2) is 8.26. The van der Waals surface area contributed by atoms with Crippen molar-refractivity contribution in [2.45, 2.75) is 6.92 Å². The van der Waals surface area contributed by atoms with E-state index in [0.29, 0.717) is 10.7 Å². The lowest BCUT2D eigenvalue weighted by atomic mass is 10.0. The van der Waals surface area contributed by atoms with Crippen LogP contribution in [0.5, 0.6) is 0 Å². The van der Waals surface area contributed by atoms with Gasteiger partial charge in [-0.15, -0.1) is 11.3 Å². The number of thiazole rings is 1. The molecule has 0 bridgehead atoms. The van der Waals surface area contributed by atoms with Crippen LogP contribution in [0.1, 0.15) is 15.9 Å². The number of nitro groups is 1. The first-order valence-electron chi connectivity index (χ1n) is 9.19. The molecule has 0 saturated carbocycles. The van der Waals surface area contributed by atoms with E-state index in [2.05, 4.69) is 22.4 Å². The third-order valence-electron chi connectivity index (χ3n) is 4.68. The van der Waals surface area contributed by atoms with E-state index in [9.17, 15) is 14.9 Å². The molecule has 148 valence electrons. The van der Waals surface area contributed by atoms with Gasteiger partial charge in [0.15, 0.2) is 5.13 Å². The first kappa shape index (κ1) is 19.5. The average molecular weight is 415 g/mol. The molecule has 6 nitrogen and oxygen atoms in total. The van der Waals surface area contributed by atoms with Crippen LogP contribution >= 0.6 is 11.3 Å². The summed E-state index contributed by atoms with van der Waals surface area (Å²) in [6.07, 6.45) is 0. The molecule has 30 heavy (non-hydrogen) atoms. The number of hydrogen-bond donors (Lipinski definition) is 1. The van der Waals surface area contributed by atoms with E-state index in [1.54, 1.807) is 19.1 Å². The van der Waals surface area contributed by atoms with Crippen LogP contribution in [0.4, 0.5) is 10.8 Å². The normalized spacial score (nSPS) is 10.6. The number of rotatable bonds is 5.